The molecule has 6 nitrogen and oxygen atoms in total. The van der Waals surface area contributed by atoms with Crippen molar-refractivity contribution in [2.45, 2.75) is 0 Å². The summed E-state index contributed by atoms with van der Waals surface area (Å²) in [5, 5.41) is 9.52. The van der Waals surface area contributed by atoms with Crippen LogP contribution in [0.15, 0.2) is 53.3 Å². The normalized spacial score (nSPS) is 10.6. The van der Waals surface area contributed by atoms with E-state index in [2.05, 4.69) is 15.0 Å². The summed E-state index contributed by atoms with van der Waals surface area (Å²) < 4.78 is 5.49. The second-order valence-corrected chi connectivity index (χ2v) is 5.34. The number of halogens is 1. The molecule has 0 saturated carbocycles. The van der Waals surface area contributed by atoms with Gasteiger partial charge in [-0.05, 0) is 36.4 Å². The van der Waals surface area contributed by atoms with Gasteiger partial charge >= 0.3 is 5.69 Å². The third-order valence-electron chi connectivity index (χ3n) is 3.24. The molecule has 2 aromatic carbocycles. The number of aromatic nitrogens is 3. The fraction of sp³-hybridized carbons (Fsp3) is 0.118. The molecule has 0 amide bonds. The Hall–Kier alpha value is -2.70. The molecule has 0 aliphatic carbocycles. The number of benzene rings is 2. The molecule has 0 spiro atoms. The van der Waals surface area contributed by atoms with Gasteiger partial charge in [-0.1, -0.05) is 23.7 Å². The van der Waals surface area contributed by atoms with Crippen LogP contribution in [0.3, 0.4) is 0 Å². The van der Waals surface area contributed by atoms with E-state index in [0.717, 1.165) is 0 Å². The maximum absolute atomic E-state index is 11.9. The zero-order valence-electron chi connectivity index (χ0n) is 12.6. The van der Waals surface area contributed by atoms with Crippen molar-refractivity contribution >= 4 is 11.6 Å². The van der Waals surface area contributed by atoms with E-state index in [0.29, 0.717) is 33.5 Å². The van der Waals surface area contributed by atoms with Crippen LogP contribution in [0.2, 0.25) is 5.02 Å². The van der Waals surface area contributed by atoms with Crippen LogP contribution in [0.5, 0.6) is 5.75 Å². The van der Waals surface area contributed by atoms with Gasteiger partial charge in [0.2, 0.25) is 0 Å². The largest absolute Gasteiger partial charge is 0.490 e. The van der Waals surface area contributed by atoms with Crippen molar-refractivity contribution in [2.75, 3.05) is 13.2 Å². The van der Waals surface area contributed by atoms with Gasteiger partial charge in [-0.15, -0.1) is 0 Å². The van der Waals surface area contributed by atoms with Gasteiger partial charge in [0.25, 0.3) is 0 Å². The van der Waals surface area contributed by atoms with Crippen LogP contribution in [-0.4, -0.2) is 33.3 Å². The first-order valence-corrected chi connectivity index (χ1v) is 7.62. The van der Waals surface area contributed by atoms with Crippen LogP contribution in [0.4, 0.5) is 0 Å². The number of rotatable bonds is 5. The summed E-state index contributed by atoms with van der Waals surface area (Å²) in [7, 11) is 0. The molecule has 2 N–H and O–H groups in total. The zero-order chi connectivity index (χ0) is 16.9. The Morgan fingerprint density at radius 2 is 1.83 bits per heavy atom. The summed E-state index contributed by atoms with van der Waals surface area (Å²) in [6.07, 6.45) is 0. The Kier molecular flexibility index (Phi) is 4.88. The van der Waals surface area contributed by atoms with Crippen molar-refractivity contribution in [3.05, 3.63) is 64.0 Å². The van der Waals surface area contributed by atoms with Crippen molar-refractivity contribution in [2.24, 2.45) is 0 Å². The van der Waals surface area contributed by atoms with E-state index in [-0.39, 0.29) is 13.2 Å². The lowest BCUT2D eigenvalue weighted by Gasteiger charge is -2.10. The second-order valence-electron chi connectivity index (χ2n) is 4.90. The molecule has 3 aromatic rings. The lowest BCUT2D eigenvalue weighted by Crippen LogP contribution is -2.15. The molecule has 3 rings (SSSR count). The number of hydrogen-bond acceptors (Lipinski definition) is 5. The van der Waals surface area contributed by atoms with Gasteiger partial charge in [-0.2, -0.15) is 4.98 Å². The first-order valence-electron chi connectivity index (χ1n) is 7.25. The first-order chi connectivity index (χ1) is 11.7. The molecule has 7 heteroatoms. The minimum absolute atomic E-state index is 0.106. The third-order valence-corrected chi connectivity index (χ3v) is 3.50. The molecule has 24 heavy (non-hydrogen) atoms. The molecule has 0 aliphatic rings. The number of aliphatic hydroxyl groups is 1. The van der Waals surface area contributed by atoms with Gasteiger partial charge in [0.15, 0.2) is 5.82 Å². The predicted octanol–water partition coefficient (Wildman–Crippen LogP) is 2.52. The summed E-state index contributed by atoms with van der Waals surface area (Å²) in [6.45, 7) is 0.0427. The van der Waals surface area contributed by atoms with Crippen LogP contribution >= 0.6 is 11.6 Å². The summed E-state index contributed by atoms with van der Waals surface area (Å²) in [4.78, 5) is 22.9. The van der Waals surface area contributed by atoms with Crippen LogP contribution in [-0.2, 0) is 0 Å². The highest BCUT2D eigenvalue weighted by molar-refractivity contribution is 6.30. The number of hydrogen-bond donors (Lipinski definition) is 2. The summed E-state index contributed by atoms with van der Waals surface area (Å²) in [5.41, 5.74) is 0.781. The average Bonchev–Trinajstić information content (AvgIpc) is 2.60. The van der Waals surface area contributed by atoms with Crippen LogP contribution in [0.1, 0.15) is 0 Å². The number of nitrogens with one attached hydrogen (secondary N) is 1. The van der Waals surface area contributed by atoms with E-state index in [1.54, 1.807) is 42.5 Å². The summed E-state index contributed by atoms with van der Waals surface area (Å²) >= 11 is 5.88. The van der Waals surface area contributed by atoms with E-state index in [4.69, 9.17) is 21.4 Å². The van der Waals surface area contributed by atoms with E-state index in [9.17, 15) is 4.79 Å². The van der Waals surface area contributed by atoms with Crippen molar-refractivity contribution in [1.82, 2.24) is 15.0 Å². The molecule has 0 radical (unpaired) electrons. The van der Waals surface area contributed by atoms with Gasteiger partial charge < -0.3 is 9.84 Å². The molecule has 0 fully saturated rings. The highest BCUT2D eigenvalue weighted by Crippen LogP contribution is 2.27. The fourth-order valence-corrected chi connectivity index (χ4v) is 2.31. The van der Waals surface area contributed by atoms with E-state index < -0.39 is 5.69 Å². The average molecular weight is 344 g/mol. The van der Waals surface area contributed by atoms with E-state index in [1.807, 2.05) is 6.07 Å². The Labute approximate surface area is 142 Å². The molecule has 0 saturated heterocycles. The zero-order valence-corrected chi connectivity index (χ0v) is 13.3. The fourth-order valence-electron chi connectivity index (χ4n) is 2.18. The highest BCUT2D eigenvalue weighted by Gasteiger charge is 2.11. The van der Waals surface area contributed by atoms with Gasteiger partial charge in [0.05, 0.1) is 12.2 Å². The number of H-pyrrole nitrogens is 1. The molecular formula is C17H14ClN3O3. The maximum atomic E-state index is 11.9. The number of aliphatic hydroxyl groups excluding tert-OH is 1. The van der Waals surface area contributed by atoms with Gasteiger partial charge in [0, 0.05) is 10.6 Å². The van der Waals surface area contributed by atoms with E-state index >= 15 is 0 Å². The smallest absolute Gasteiger partial charge is 0.348 e. The minimum atomic E-state index is -0.512. The molecule has 1 heterocycles. The predicted molar refractivity (Wildman–Crippen MR) is 91.1 cm³/mol. The maximum Gasteiger partial charge on any atom is 0.348 e. The number of aromatic amines is 1. The van der Waals surface area contributed by atoms with Crippen LogP contribution < -0.4 is 10.4 Å². The number of para-hydroxylation sites is 1. The lowest BCUT2D eigenvalue weighted by molar-refractivity contribution is 0.202. The SMILES string of the molecule is O=c1nc(-c2ccc(Cl)cc2)nc(-c2ccccc2OCCO)[nH]1. The second kappa shape index (κ2) is 7.25. The van der Waals surface area contributed by atoms with Crippen LogP contribution in [0.25, 0.3) is 22.8 Å². The van der Waals surface area contributed by atoms with E-state index in [1.165, 1.54) is 0 Å². The number of ether oxygens (including phenoxy) is 1. The molecule has 1 aromatic heterocycles. The van der Waals surface area contributed by atoms with Gasteiger partial charge in [0.1, 0.15) is 18.2 Å². The topological polar surface area (TPSA) is 88.1 Å². The van der Waals surface area contributed by atoms with Crippen molar-refractivity contribution in [3.63, 3.8) is 0 Å². The molecule has 0 bridgehead atoms. The number of nitrogens with zero attached hydrogens (tertiary/aromatic N) is 2. The Bertz CT molecular complexity index is 894. The van der Waals surface area contributed by atoms with Crippen molar-refractivity contribution in [1.29, 1.82) is 0 Å². The molecule has 122 valence electrons. The van der Waals surface area contributed by atoms with Crippen molar-refractivity contribution < 1.29 is 9.84 Å². The third kappa shape index (κ3) is 3.61. The summed E-state index contributed by atoms with van der Waals surface area (Å²) in [5.74, 6) is 1.15. The standard InChI is InChI=1S/C17H14ClN3O3/c18-12-7-5-11(6-8-12)15-19-16(21-17(23)20-15)13-3-1-2-4-14(13)24-10-9-22/h1-8,22H,9-10H2,(H,19,20,21,23). The first kappa shape index (κ1) is 16.2. The lowest BCUT2D eigenvalue weighted by atomic mass is 10.1. The quantitative estimate of drug-likeness (QED) is 0.743. The van der Waals surface area contributed by atoms with Crippen LogP contribution in [0, 0.1) is 0 Å². The Morgan fingerprint density at radius 1 is 1.08 bits per heavy atom. The highest BCUT2D eigenvalue weighted by atomic mass is 35.5. The molecule has 0 aliphatic heterocycles. The Balaban J connectivity index is 2.07. The van der Waals surface area contributed by atoms with Gasteiger partial charge in [-0.3, -0.25) is 4.98 Å². The molecule has 0 atom stereocenters. The summed E-state index contributed by atoms with van der Waals surface area (Å²) in [6, 6.07) is 14.0. The Morgan fingerprint density at radius 3 is 2.58 bits per heavy atom. The van der Waals surface area contributed by atoms with Crippen molar-refractivity contribution in [3.8, 4) is 28.5 Å². The molecule has 0 unspecified atom stereocenters. The van der Waals surface area contributed by atoms with Gasteiger partial charge in [-0.25, -0.2) is 9.78 Å². The monoisotopic (exact) mass is 343 g/mol. The molecular weight excluding hydrogens is 330 g/mol. The minimum Gasteiger partial charge on any atom is -0.490 e.